The molecule has 138 valence electrons. The monoisotopic (exact) mass is 393 g/mol. The van der Waals surface area contributed by atoms with Gasteiger partial charge in [0.05, 0.1) is 27.1 Å². The molecule has 2 aromatic carbocycles. The van der Waals surface area contributed by atoms with Crippen molar-refractivity contribution in [2.75, 3.05) is 0 Å². The van der Waals surface area contributed by atoms with Crippen molar-refractivity contribution in [1.82, 2.24) is 10.2 Å². The number of halogens is 1. The van der Waals surface area contributed by atoms with Gasteiger partial charge in [-0.05, 0) is 17.2 Å². The van der Waals surface area contributed by atoms with Gasteiger partial charge in [-0.15, -0.1) is 5.10 Å². The molecule has 4 rings (SSSR count). The van der Waals surface area contributed by atoms with Crippen LogP contribution in [0.15, 0.2) is 60.0 Å². The second-order valence-corrected chi connectivity index (χ2v) is 6.48. The summed E-state index contributed by atoms with van der Waals surface area (Å²) in [6.07, 6.45) is 0. The van der Waals surface area contributed by atoms with Crippen LogP contribution >= 0.6 is 11.6 Å². The lowest BCUT2D eigenvalue weighted by Crippen LogP contribution is -2.21. The number of aromatic amines is 1. The van der Waals surface area contributed by atoms with Crippen molar-refractivity contribution >= 4 is 17.3 Å². The van der Waals surface area contributed by atoms with E-state index in [0.717, 1.165) is 5.56 Å². The number of fused-ring (bicyclic) bond motifs is 1. The first-order valence-corrected chi connectivity index (χ1v) is 8.54. The zero-order chi connectivity index (χ0) is 19.8. The number of nitrogens with two attached hydrogens (primary N) is 1. The fourth-order valence-corrected chi connectivity index (χ4v) is 3.53. The number of non-ortho nitro benzene ring substituents is 1. The number of nitrogens with one attached hydrogen (secondary N) is 1. The van der Waals surface area contributed by atoms with E-state index in [0.29, 0.717) is 16.8 Å². The maximum absolute atomic E-state index is 11.0. The number of hydrogen-bond acceptors (Lipinski definition) is 6. The average Bonchev–Trinajstić information content (AvgIpc) is 3.11. The Labute approximate surface area is 164 Å². The van der Waals surface area contributed by atoms with E-state index in [4.69, 9.17) is 22.1 Å². The number of nitro benzene ring substituents is 1. The molecule has 0 unspecified atom stereocenters. The van der Waals surface area contributed by atoms with Gasteiger partial charge < -0.3 is 10.5 Å². The van der Waals surface area contributed by atoms with E-state index in [-0.39, 0.29) is 28.0 Å². The van der Waals surface area contributed by atoms with Gasteiger partial charge in [-0.3, -0.25) is 15.2 Å². The molecule has 0 saturated heterocycles. The van der Waals surface area contributed by atoms with Gasteiger partial charge in [0.1, 0.15) is 11.6 Å². The van der Waals surface area contributed by atoms with Crippen LogP contribution in [0.4, 0.5) is 5.69 Å². The molecule has 0 saturated carbocycles. The highest BCUT2D eigenvalue weighted by atomic mass is 35.5. The minimum absolute atomic E-state index is 0.0828. The summed E-state index contributed by atoms with van der Waals surface area (Å²) in [5.41, 5.74) is 8.51. The number of nitrogens with zero attached hydrogens (tertiary/aromatic N) is 3. The van der Waals surface area contributed by atoms with Crippen LogP contribution in [-0.4, -0.2) is 15.1 Å². The SMILES string of the molecule is N#CC1=C(N)Oc2n[nH]c(-c3ccccc3)c2[C@@H]1c1ccc([N+](=O)[O-])cc1Cl. The highest BCUT2D eigenvalue weighted by Crippen LogP contribution is 2.47. The second kappa shape index (κ2) is 6.72. The standard InChI is InChI=1S/C19H12ClN5O3/c20-14-8-11(25(26)27)6-7-12(14)15-13(9-21)18(22)28-19-16(15)17(23-24-19)10-4-2-1-3-5-10/h1-8,15H,22H2,(H,23,24)/t15-/m1/s1. The van der Waals surface area contributed by atoms with Crippen molar-refractivity contribution in [3.05, 3.63) is 86.3 Å². The van der Waals surface area contributed by atoms with Crippen molar-refractivity contribution in [3.8, 4) is 23.2 Å². The third-order valence-corrected chi connectivity index (χ3v) is 4.83. The van der Waals surface area contributed by atoms with E-state index in [1.54, 1.807) is 0 Å². The predicted octanol–water partition coefficient (Wildman–Crippen LogP) is 3.86. The Morgan fingerprint density at radius 2 is 2.04 bits per heavy atom. The van der Waals surface area contributed by atoms with Gasteiger partial charge >= 0.3 is 0 Å². The molecule has 8 nitrogen and oxygen atoms in total. The number of nitro groups is 1. The zero-order valence-corrected chi connectivity index (χ0v) is 15.0. The number of nitriles is 1. The van der Waals surface area contributed by atoms with Gasteiger partial charge in [0, 0.05) is 12.1 Å². The van der Waals surface area contributed by atoms with Gasteiger partial charge in [0.2, 0.25) is 11.8 Å². The lowest BCUT2D eigenvalue weighted by molar-refractivity contribution is -0.384. The third kappa shape index (κ3) is 2.74. The molecule has 1 aliphatic heterocycles. The minimum Gasteiger partial charge on any atom is -0.420 e. The molecule has 1 aromatic heterocycles. The van der Waals surface area contributed by atoms with Crippen molar-refractivity contribution in [1.29, 1.82) is 5.26 Å². The molecule has 0 amide bonds. The van der Waals surface area contributed by atoms with Crippen LogP contribution in [0.3, 0.4) is 0 Å². The van der Waals surface area contributed by atoms with Gasteiger partial charge in [0.25, 0.3) is 5.69 Å². The summed E-state index contributed by atoms with van der Waals surface area (Å²) < 4.78 is 5.53. The Morgan fingerprint density at radius 3 is 2.68 bits per heavy atom. The van der Waals surface area contributed by atoms with E-state index >= 15 is 0 Å². The molecule has 0 bridgehead atoms. The second-order valence-electron chi connectivity index (χ2n) is 6.07. The molecule has 2 heterocycles. The van der Waals surface area contributed by atoms with Crippen LogP contribution in [0.2, 0.25) is 5.02 Å². The van der Waals surface area contributed by atoms with Crippen LogP contribution in [0.1, 0.15) is 17.0 Å². The van der Waals surface area contributed by atoms with Crippen LogP contribution in [-0.2, 0) is 0 Å². The maximum atomic E-state index is 11.0. The summed E-state index contributed by atoms with van der Waals surface area (Å²) in [5, 5.41) is 28.0. The number of H-pyrrole nitrogens is 1. The zero-order valence-electron chi connectivity index (χ0n) is 14.2. The molecule has 9 heteroatoms. The first kappa shape index (κ1) is 17.6. The first-order chi connectivity index (χ1) is 13.5. The third-order valence-electron chi connectivity index (χ3n) is 4.51. The topological polar surface area (TPSA) is 131 Å². The molecule has 1 atom stereocenters. The van der Waals surface area contributed by atoms with E-state index in [1.807, 2.05) is 30.3 Å². The largest absolute Gasteiger partial charge is 0.420 e. The Kier molecular flexibility index (Phi) is 4.22. The molecule has 0 fully saturated rings. The van der Waals surface area contributed by atoms with E-state index < -0.39 is 10.8 Å². The maximum Gasteiger partial charge on any atom is 0.270 e. The average molecular weight is 394 g/mol. The fourth-order valence-electron chi connectivity index (χ4n) is 3.24. The number of hydrogen-bond donors (Lipinski definition) is 2. The van der Waals surface area contributed by atoms with E-state index in [2.05, 4.69) is 16.3 Å². The Balaban J connectivity index is 1.96. The van der Waals surface area contributed by atoms with Crippen molar-refractivity contribution in [3.63, 3.8) is 0 Å². The number of allylic oxidation sites excluding steroid dienone is 1. The summed E-state index contributed by atoms with van der Waals surface area (Å²) in [4.78, 5) is 10.5. The number of benzene rings is 2. The number of rotatable bonds is 3. The molecule has 3 N–H and O–H groups in total. The minimum atomic E-state index is -0.684. The quantitative estimate of drug-likeness (QED) is 0.513. The summed E-state index contributed by atoms with van der Waals surface area (Å²) in [6, 6.07) is 15.6. The Hall–Kier alpha value is -3.83. The van der Waals surface area contributed by atoms with Gasteiger partial charge in [-0.25, -0.2) is 0 Å². The number of ether oxygens (including phenoxy) is 1. The molecule has 1 aliphatic rings. The highest BCUT2D eigenvalue weighted by Gasteiger charge is 2.36. The van der Waals surface area contributed by atoms with Crippen LogP contribution < -0.4 is 10.5 Å². The van der Waals surface area contributed by atoms with Gasteiger partial charge in [-0.1, -0.05) is 41.9 Å². The fraction of sp³-hybridized carbons (Fsp3) is 0.0526. The summed E-state index contributed by atoms with van der Waals surface area (Å²) >= 11 is 6.36. The normalized spacial score (nSPS) is 15.5. The lowest BCUT2D eigenvalue weighted by Gasteiger charge is -2.24. The molecule has 0 radical (unpaired) electrons. The summed E-state index contributed by atoms with van der Waals surface area (Å²) in [7, 11) is 0. The molecule has 28 heavy (non-hydrogen) atoms. The summed E-state index contributed by atoms with van der Waals surface area (Å²) in [6.45, 7) is 0. The van der Waals surface area contributed by atoms with E-state index in [1.165, 1.54) is 18.2 Å². The number of aromatic nitrogens is 2. The molecule has 3 aromatic rings. The first-order valence-electron chi connectivity index (χ1n) is 8.16. The Morgan fingerprint density at radius 1 is 1.29 bits per heavy atom. The van der Waals surface area contributed by atoms with Crippen molar-refractivity contribution in [2.24, 2.45) is 5.73 Å². The van der Waals surface area contributed by atoms with Crippen LogP contribution in [0, 0.1) is 21.4 Å². The molecular weight excluding hydrogens is 382 g/mol. The van der Waals surface area contributed by atoms with E-state index in [9.17, 15) is 15.4 Å². The van der Waals surface area contributed by atoms with Crippen molar-refractivity contribution < 1.29 is 9.66 Å². The molecular formula is C19H12ClN5O3. The Bertz CT molecular complexity index is 1160. The highest BCUT2D eigenvalue weighted by molar-refractivity contribution is 6.31. The molecule has 0 aliphatic carbocycles. The van der Waals surface area contributed by atoms with Crippen molar-refractivity contribution in [2.45, 2.75) is 5.92 Å². The lowest BCUT2D eigenvalue weighted by atomic mass is 9.83. The smallest absolute Gasteiger partial charge is 0.270 e. The molecule has 0 spiro atoms. The van der Waals surface area contributed by atoms with Crippen LogP contribution in [0.5, 0.6) is 5.88 Å². The summed E-state index contributed by atoms with van der Waals surface area (Å²) in [5.74, 6) is -0.536. The van der Waals surface area contributed by atoms with Crippen LogP contribution in [0.25, 0.3) is 11.3 Å². The van der Waals surface area contributed by atoms with Gasteiger partial charge in [0.15, 0.2) is 0 Å². The van der Waals surface area contributed by atoms with Gasteiger partial charge in [-0.2, -0.15) is 5.26 Å². The predicted molar refractivity (Wildman–Crippen MR) is 101 cm³/mol.